The highest BCUT2D eigenvalue weighted by atomic mass is 32.2. The number of benzene rings is 2. The number of hydrogen-bond donors (Lipinski definition) is 0. The summed E-state index contributed by atoms with van der Waals surface area (Å²) >= 11 is -2.64. The summed E-state index contributed by atoms with van der Waals surface area (Å²) in [6.07, 6.45) is -4.77. The second-order valence-electron chi connectivity index (χ2n) is 4.02. The lowest BCUT2D eigenvalue weighted by Gasteiger charge is -2.13. The molecule has 0 amide bonds. The summed E-state index contributed by atoms with van der Waals surface area (Å²) < 4.78 is 59.9. The Kier molecular flexibility index (Phi) is 4.59. The molecule has 0 radical (unpaired) electrons. The molecule has 2 aromatic rings. The molecule has 1 unspecified atom stereocenters. The van der Waals surface area contributed by atoms with E-state index >= 15 is 0 Å². The highest BCUT2D eigenvalue weighted by Gasteiger charge is 2.38. The van der Waals surface area contributed by atoms with Gasteiger partial charge in [-0.25, -0.2) is 0 Å². The number of halogens is 3. The minimum atomic E-state index is -4.77. The molecule has 0 fully saturated rings. The van der Waals surface area contributed by atoms with Crippen molar-refractivity contribution in [2.24, 2.45) is 5.16 Å². The van der Waals surface area contributed by atoms with E-state index in [0.29, 0.717) is 10.8 Å². The predicted octanol–water partition coefficient (Wildman–Crippen LogP) is 2.96. The van der Waals surface area contributed by atoms with Crippen LogP contribution in [0.15, 0.2) is 47.6 Å². The Morgan fingerprint density at radius 2 is 1.86 bits per heavy atom. The van der Waals surface area contributed by atoms with Crippen molar-refractivity contribution in [2.45, 2.75) is 6.18 Å². The predicted molar refractivity (Wildman–Crippen MR) is 71.4 cm³/mol. The number of alkyl halides is 3. The van der Waals surface area contributed by atoms with Gasteiger partial charge in [0.1, 0.15) is 0 Å². The molecule has 0 N–H and O–H groups in total. The average molecular weight is 316 g/mol. The van der Waals surface area contributed by atoms with Crippen LogP contribution in [0.5, 0.6) is 0 Å². The SMILES string of the molecule is O=S([O-])CON=C(c1cccc2ccccc12)C(F)(F)F. The minimum absolute atomic E-state index is 0.169. The molecule has 21 heavy (non-hydrogen) atoms. The summed E-state index contributed by atoms with van der Waals surface area (Å²) in [5.74, 6) is -0.940. The lowest BCUT2D eigenvalue weighted by molar-refractivity contribution is -0.0609. The molecular formula is C13H9F3NO3S-. The molecule has 0 aliphatic carbocycles. The van der Waals surface area contributed by atoms with Crippen LogP contribution in [0.1, 0.15) is 5.56 Å². The highest BCUT2D eigenvalue weighted by molar-refractivity contribution is 7.78. The van der Waals surface area contributed by atoms with Gasteiger partial charge in [0.05, 0.1) is 0 Å². The highest BCUT2D eigenvalue weighted by Crippen LogP contribution is 2.28. The van der Waals surface area contributed by atoms with Gasteiger partial charge in [0.25, 0.3) is 0 Å². The van der Waals surface area contributed by atoms with Crippen LogP contribution in [-0.2, 0) is 15.9 Å². The van der Waals surface area contributed by atoms with Crippen LogP contribution in [0.25, 0.3) is 10.8 Å². The van der Waals surface area contributed by atoms with Crippen molar-refractivity contribution in [3.05, 3.63) is 48.0 Å². The van der Waals surface area contributed by atoms with Gasteiger partial charge in [0, 0.05) is 5.56 Å². The molecule has 2 rings (SSSR count). The Bertz CT molecular complexity index is 695. The second kappa shape index (κ2) is 6.23. The van der Waals surface area contributed by atoms with E-state index in [0.717, 1.165) is 0 Å². The van der Waals surface area contributed by atoms with Gasteiger partial charge in [-0.2, -0.15) is 13.2 Å². The molecule has 112 valence electrons. The van der Waals surface area contributed by atoms with Gasteiger partial charge in [-0.1, -0.05) is 47.6 Å². The zero-order chi connectivity index (χ0) is 15.5. The van der Waals surface area contributed by atoms with Crippen molar-refractivity contribution in [3.63, 3.8) is 0 Å². The Hall–Kier alpha value is -1.93. The van der Waals surface area contributed by atoms with Crippen LogP contribution in [0.3, 0.4) is 0 Å². The van der Waals surface area contributed by atoms with Crippen LogP contribution in [0.2, 0.25) is 0 Å². The maximum absolute atomic E-state index is 13.1. The number of oxime groups is 1. The normalized spacial score (nSPS) is 14.2. The average Bonchev–Trinajstić information content (AvgIpc) is 2.42. The second-order valence-corrected chi connectivity index (χ2v) is 4.86. The molecule has 0 saturated carbocycles. The molecule has 0 aliphatic heterocycles. The smallest absolute Gasteiger partial charge is 0.437 e. The van der Waals surface area contributed by atoms with Crippen molar-refractivity contribution in [1.82, 2.24) is 0 Å². The topological polar surface area (TPSA) is 61.7 Å². The van der Waals surface area contributed by atoms with E-state index in [1.165, 1.54) is 18.2 Å². The number of fused-ring (bicyclic) bond motifs is 1. The monoisotopic (exact) mass is 316 g/mol. The molecule has 0 heterocycles. The van der Waals surface area contributed by atoms with Gasteiger partial charge in [-0.05, 0) is 21.9 Å². The Morgan fingerprint density at radius 1 is 1.19 bits per heavy atom. The Morgan fingerprint density at radius 3 is 2.52 bits per heavy atom. The van der Waals surface area contributed by atoms with Crippen molar-refractivity contribution in [1.29, 1.82) is 0 Å². The van der Waals surface area contributed by atoms with Gasteiger partial charge < -0.3 is 9.39 Å². The quantitative estimate of drug-likeness (QED) is 0.495. The molecule has 8 heteroatoms. The lowest BCUT2D eigenvalue weighted by Crippen LogP contribution is -2.25. The number of hydrogen-bond acceptors (Lipinski definition) is 4. The molecule has 0 aliphatic rings. The van der Waals surface area contributed by atoms with Crippen molar-refractivity contribution >= 4 is 27.6 Å². The first kappa shape index (κ1) is 15.5. The molecule has 0 spiro atoms. The van der Waals surface area contributed by atoms with E-state index in [2.05, 4.69) is 9.99 Å². The van der Waals surface area contributed by atoms with Crippen molar-refractivity contribution in [2.75, 3.05) is 5.94 Å². The van der Waals surface area contributed by atoms with Gasteiger partial charge in [-0.3, -0.25) is 4.21 Å². The lowest BCUT2D eigenvalue weighted by atomic mass is 10.0. The third-order valence-corrected chi connectivity index (χ3v) is 2.92. The first-order chi connectivity index (χ1) is 9.89. The Balaban J connectivity index is 2.52. The number of nitrogens with zero attached hydrogens (tertiary/aromatic N) is 1. The summed E-state index contributed by atoms with van der Waals surface area (Å²) in [6, 6.07) is 10.9. The van der Waals surface area contributed by atoms with E-state index in [4.69, 9.17) is 0 Å². The van der Waals surface area contributed by atoms with E-state index in [-0.39, 0.29) is 5.56 Å². The molecule has 1 atom stereocenters. The molecule has 0 bridgehead atoms. The largest absolute Gasteiger partial charge is 0.770 e. The van der Waals surface area contributed by atoms with E-state index in [1.54, 1.807) is 24.3 Å². The molecule has 4 nitrogen and oxygen atoms in total. The fraction of sp³-hybridized carbons (Fsp3) is 0.154. The third-order valence-electron chi connectivity index (χ3n) is 2.62. The molecule has 2 aromatic carbocycles. The summed E-state index contributed by atoms with van der Waals surface area (Å²) in [5, 5.41) is 3.91. The molecule has 0 saturated heterocycles. The Labute approximate surface area is 120 Å². The van der Waals surface area contributed by atoms with Crippen molar-refractivity contribution < 1.29 is 26.8 Å². The molecule has 0 aromatic heterocycles. The zero-order valence-corrected chi connectivity index (χ0v) is 11.3. The van der Waals surface area contributed by atoms with E-state index < -0.39 is 28.9 Å². The van der Waals surface area contributed by atoms with Crippen LogP contribution in [0.4, 0.5) is 13.2 Å². The van der Waals surface area contributed by atoms with Crippen LogP contribution in [-0.4, -0.2) is 26.6 Å². The van der Waals surface area contributed by atoms with Crippen LogP contribution >= 0.6 is 0 Å². The number of rotatable bonds is 4. The van der Waals surface area contributed by atoms with Crippen LogP contribution in [0, 0.1) is 0 Å². The summed E-state index contributed by atoms with van der Waals surface area (Å²) in [4.78, 5) is 4.24. The zero-order valence-electron chi connectivity index (χ0n) is 10.5. The first-order valence-corrected chi connectivity index (χ1v) is 6.95. The third kappa shape index (κ3) is 3.79. The van der Waals surface area contributed by atoms with Gasteiger partial charge in [0.2, 0.25) is 0 Å². The van der Waals surface area contributed by atoms with Gasteiger partial charge in [0.15, 0.2) is 11.7 Å². The van der Waals surface area contributed by atoms with E-state index in [9.17, 15) is 21.9 Å². The van der Waals surface area contributed by atoms with Gasteiger partial charge in [-0.15, -0.1) is 0 Å². The first-order valence-electron chi connectivity index (χ1n) is 5.71. The maximum Gasteiger partial charge on any atom is 0.437 e. The van der Waals surface area contributed by atoms with Crippen LogP contribution < -0.4 is 0 Å². The summed E-state index contributed by atoms with van der Waals surface area (Å²) in [5.41, 5.74) is -1.44. The fourth-order valence-electron chi connectivity index (χ4n) is 1.82. The van der Waals surface area contributed by atoms with Crippen molar-refractivity contribution in [3.8, 4) is 0 Å². The fourth-order valence-corrected chi connectivity index (χ4v) is 1.96. The summed E-state index contributed by atoms with van der Waals surface area (Å²) in [7, 11) is 0. The van der Waals surface area contributed by atoms with Gasteiger partial charge >= 0.3 is 6.18 Å². The maximum atomic E-state index is 13.1. The van der Waals surface area contributed by atoms with E-state index in [1.807, 2.05) is 0 Å². The summed E-state index contributed by atoms with van der Waals surface area (Å²) in [6.45, 7) is 0. The molecular weight excluding hydrogens is 307 g/mol. The minimum Gasteiger partial charge on any atom is -0.770 e. The standard InChI is InChI=1S/C13H10F3NO3S/c14-13(15,16)12(17-20-8-21(18)19)11-7-3-5-9-4-1-2-6-10(9)11/h1-7H,8H2,(H,18,19)/p-1.